The van der Waals surface area contributed by atoms with Gasteiger partial charge in [0.15, 0.2) is 17.8 Å². The van der Waals surface area contributed by atoms with Crippen molar-refractivity contribution in [2.24, 2.45) is 0 Å². The lowest BCUT2D eigenvalue weighted by Crippen LogP contribution is -2.46. The number of halogens is 2. The third-order valence-corrected chi connectivity index (χ3v) is 4.94. The molecule has 0 spiro atoms. The smallest absolute Gasteiger partial charge is 0.161 e. The molecule has 1 aliphatic rings. The fraction of sp³-hybridized carbons (Fsp3) is 0.409. The maximum Gasteiger partial charge on any atom is 0.161 e. The molecule has 0 radical (unpaired) electrons. The summed E-state index contributed by atoms with van der Waals surface area (Å²) in [7, 11) is 1.60. The molecule has 7 heteroatoms. The van der Waals surface area contributed by atoms with Crippen LogP contribution in [0.25, 0.3) is 0 Å². The van der Waals surface area contributed by atoms with Crippen LogP contribution in [-0.2, 0) is 17.8 Å². The predicted molar refractivity (Wildman–Crippen MR) is 113 cm³/mol. The van der Waals surface area contributed by atoms with Gasteiger partial charge in [-0.3, -0.25) is 10.2 Å². The molecule has 1 N–H and O–H groups in total. The minimum Gasteiger partial charge on any atom is -0.493 e. The first kappa shape index (κ1) is 23.1. The van der Waals surface area contributed by atoms with E-state index in [2.05, 4.69) is 10.2 Å². The molecule has 1 unspecified atom stereocenters. The standard InChI is InChI=1S/C22H27FN2O3.ClH/c1-27-21-14-17(9-10-24-22(15-26)25-11-2-3-12-25)7-8-20(21)28-16-18-5-4-6-19(23)13-18;/h4-8,13-15,22,24H,2-3,9-12,16H2,1H3;1H. The molecule has 1 saturated heterocycles. The van der Waals surface area contributed by atoms with Crippen LogP contribution in [0, 0.1) is 5.82 Å². The number of hydrogen-bond donors (Lipinski definition) is 1. The minimum absolute atomic E-state index is 0. The van der Waals surface area contributed by atoms with E-state index in [9.17, 15) is 9.18 Å². The van der Waals surface area contributed by atoms with Crippen LogP contribution in [0.3, 0.4) is 0 Å². The zero-order chi connectivity index (χ0) is 19.8. The Morgan fingerprint density at radius 2 is 1.93 bits per heavy atom. The second kappa shape index (κ2) is 11.8. The van der Waals surface area contributed by atoms with Crippen LogP contribution in [-0.4, -0.2) is 44.1 Å². The van der Waals surface area contributed by atoms with Gasteiger partial charge in [-0.2, -0.15) is 0 Å². The number of aldehydes is 1. The highest BCUT2D eigenvalue weighted by atomic mass is 35.5. The first-order valence-corrected chi connectivity index (χ1v) is 9.66. The third-order valence-electron chi connectivity index (χ3n) is 4.94. The van der Waals surface area contributed by atoms with E-state index in [1.807, 2.05) is 24.3 Å². The number of nitrogens with one attached hydrogen (secondary N) is 1. The lowest BCUT2D eigenvalue weighted by Gasteiger charge is -2.23. The van der Waals surface area contributed by atoms with Crippen molar-refractivity contribution in [3.8, 4) is 11.5 Å². The van der Waals surface area contributed by atoms with Crippen molar-refractivity contribution in [3.05, 3.63) is 59.4 Å². The number of ether oxygens (including phenoxy) is 2. The molecule has 0 aromatic heterocycles. The van der Waals surface area contributed by atoms with Crippen LogP contribution in [0.5, 0.6) is 11.5 Å². The number of methoxy groups -OCH3 is 1. The number of hydrogen-bond acceptors (Lipinski definition) is 5. The highest BCUT2D eigenvalue weighted by molar-refractivity contribution is 5.85. The Hall–Kier alpha value is -2.15. The van der Waals surface area contributed by atoms with Crippen molar-refractivity contribution in [3.63, 3.8) is 0 Å². The van der Waals surface area contributed by atoms with Gasteiger partial charge < -0.3 is 14.3 Å². The molecule has 2 aromatic rings. The normalized spacial score (nSPS) is 14.8. The summed E-state index contributed by atoms with van der Waals surface area (Å²) in [5, 5.41) is 3.31. The van der Waals surface area contributed by atoms with Crippen molar-refractivity contribution in [2.45, 2.75) is 32.0 Å². The molecule has 1 atom stereocenters. The summed E-state index contributed by atoms with van der Waals surface area (Å²) in [6.45, 7) is 2.92. The Morgan fingerprint density at radius 1 is 1.14 bits per heavy atom. The Morgan fingerprint density at radius 3 is 2.62 bits per heavy atom. The average Bonchev–Trinajstić information content (AvgIpc) is 3.24. The van der Waals surface area contributed by atoms with Gasteiger partial charge in [0.2, 0.25) is 0 Å². The highest BCUT2D eigenvalue weighted by Gasteiger charge is 2.20. The Kier molecular flexibility index (Phi) is 9.38. The van der Waals surface area contributed by atoms with Gasteiger partial charge in [-0.15, -0.1) is 12.4 Å². The van der Waals surface area contributed by atoms with Gasteiger partial charge in [0.1, 0.15) is 18.6 Å². The Labute approximate surface area is 177 Å². The van der Waals surface area contributed by atoms with Gasteiger partial charge in [-0.1, -0.05) is 18.2 Å². The molecule has 0 saturated carbocycles. The summed E-state index contributed by atoms with van der Waals surface area (Å²) in [6, 6.07) is 12.1. The van der Waals surface area contributed by atoms with Crippen LogP contribution in [0.2, 0.25) is 0 Å². The number of benzene rings is 2. The van der Waals surface area contributed by atoms with Gasteiger partial charge in [0.25, 0.3) is 0 Å². The summed E-state index contributed by atoms with van der Waals surface area (Å²) >= 11 is 0. The maximum atomic E-state index is 13.3. The van der Waals surface area contributed by atoms with Crippen molar-refractivity contribution in [1.29, 1.82) is 0 Å². The molecule has 1 fully saturated rings. The predicted octanol–water partition coefficient (Wildman–Crippen LogP) is 3.59. The Balaban J connectivity index is 0.00000300. The van der Waals surface area contributed by atoms with E-state index in [4.69, 9.17) is 9.47 Å². The molecule has 3 rings (SSSR count). The zero-order valence-electron chi connectivity index (χ0n) is 16.6. The molecule has 158 valence electrons. The van der Waals surface area contributed by atoms with E-state index in [0.29, 0.717) is 18.0 Å². The first-order chi connectivity index (χ1) is 13.7. The van der Waals surface area contributed by atoms with Crippen molar-refractivity contribution >= 4 is 18.7 Å². The summed E-state index contributed by atoms with van der Waals surface area (Å²) in [5.41, 5.74) is 1.85. The fourth-order valence-electron chi connectivity index (χ4n) is 3.42. The van der Waals surface area contributed by atoms with Crippen LogP contribution < -0.4 is 14.8 Å². The van der Waals surface area contributed by atoms with Gasteiger partial charge in [-0.25, -0.2) is 4.39 Å². The summed E-state index contributed by atoms with van der Waals surface area (Å²) in [5.74, 6) is 0.977. The fourth-order valence-corrected chi connectivity index (χ4v) is 3.42. The topological polar surface area (TPSA) is 50.8 Å². The lowest BCUT2D eigenvalue weighted by molar-refractivity contribution is -0.113. The van der Waals surface area contributed by atoms with Gasteiger partial charge in [-0.05, 0) is 54.7 Å². The molecule has 5 nitrogen and oxygen atoms in total. The maximum absolute atomic E-state index is 13.3. The largest absolute Gasteiger partial charge is 0.493 e. The first-order valence-electron chi connectivity index (χ1n) is 9.66. The van der Waals surface area contributed by atoms with Gasteiger partial charge in [0, 0.05) is 19.6 Å². The molecule has 29 heavy (non-hydrogen) atoms. The van der Waals surface area contributed by atoms with Crippen LogP contribution in [0.1, 0.15) is 24.0 Å². The quantitative estimate of drug-likeness (QED) is 0.593. The summed E-state index contributed by atoms with van der Waals surface area (Å²) in [6.07, 6.45) is 3.85. The second-order valence-corrected chi connectivity index (χ2v) is 6.93. The van der Waals surface area contributed by atoms with Crippen LogP contribution in [0.4, 0.5) is 4.39 Å². The molecular formula is C22H28ClFN2O3. The number of carbonyl (C=O) groups is 1. The van der Waals surface area contributed by atoms with E-state index in [0.717, 1.165) is 49.8 Å². The van der Waals surface area contributed by atoms with Crippen LogP contribution >= 0.6 is 12.4 Å². The number of nitrogens with zero attached hydrogens (tertiary/aromatic N) is 1. The van der Waals surface area contributed by atoms with Gasteiger partial charge in [0.05, 0.1) is 7.11 Å². The Bertz CT molecular complexity index is 784. The van der Waals surface area contributed by atoms with E-state index < -0.39 is 0 Å². The minimum atomic E-state index is -0.279. The SMILES string of the molecule is COc1cc(CCNC(C=O)N2CCCC2)ccc1OCc1cccc(F)c1.Cl. The molecule has 0 bridgehead atoms. The molecule has 1 heterocycles. The third kappa shape index (κ3) is 6.70. The van der Waals surface area contributed by atoms with E-state index in [1.54, 1.807) is 13.2 Å². The average molecular weight is 423 g/mol. The molecule has 2 aromatic carbocycles. The second-order valence-electron chi connectivity index (χ2n) is 6.93. The van der Waals surface area contributed by atoms with E-state index >= 15 is 0 Å². The zero-order valence-corrected chi connectivity index (χ0v) is 17.4. The lowest BCUT2D eigenvalue weighted by atomic mass is 10.1. The molecule has 0 aliphatic carbocycles. The van der Waals surface area contributed by atoms with E-state index in [1.165, 1.54) is 12.1 Å². The van der Waals surface area contributed by atoms with E-state index in [-0.39, 0.29) is 31.0 Å². The molecule has 0 amide bonds. The summed E-state index contributed by atoms with van der Waals surface area (Å²) < 4.78 is 24.5. The molecular weight excluding hydrogens is 395 g/mol. The highest BCUT2D eigenvalue weighted by Crippen LogP contribution is 2.29. The van der Waals surface area contributed by atoms with Crippen molar-refractivity contribution in [1.82, 2.24) is 10.2 Å². The summed E-state index contributed by atoms with van der Waals surface area (Å²) in [4.78, 5) is 13.5. The van der Waals surface area contributed by atoms with Gasteiger partial charge >= 0.3 is 0 Å². The van der Waals surface area contributed by atoms with Crippen molar-refractivity contribution < 1.29 is 18.7 Å². The monoisotopic (exact) mass is 422 g/mol. The molecule has 1 aliphatic heterocycles. The van der Waals surface area contributed by atoms with Crippen molar-refractivity contribution in [2.75, 3.05) is 26.7 Å². The van der Waals surface area contributed by atoms with Crippen LogP contribution in [0.15, 0.2) is 42.5 Å². The number of likely N-dealkylation sites (tertiary alicyclic amines) is 1. The number of rotatable bonds is 10. The number of carbonyl (C=O) groups excluding carboxylic acids is 1.